The molecule has 0 heterocycles. The van der Waals surface area contributed by atoms with Gasteiger partial charge >= 0.3 is 0 Å². The van der Waals surface area contributed by atoms with E-state index in [0.29, 0.717) is 29.5 Å². The van der Waals surface area contributed by atoms with E-state index in [1.807, 2.05) is 13.8 Å². The molecule has 0 radical (unpaired) electrons. The molecule has 2 aromatic carbocycles. The summed E-state index contributed by atoms with van der Waals surface area (Å²) in [5.74, 6) is 0.406. The monoisotopic (exact) mass is 410 g/mol. The van der Waals surface area contributed by atoms with E-state index < -0.39 is 10.0 Å². The molecule has 0 N–H and O–H groups in total. The third kappa shape index (κ3) is 5.14. The Balaban J connectivity index is 2.07. The Hall–Kier alpha value is -2.25. The number of hydrogen-bond acceptors (Lipinski definition) is 4. The van der Waals surface area contributed by atoms with Gasteiger partial charge in [-0.1, -0.05) is 11.6 Å². The van der Waals surface area contributed by atoms with Gasteiger partial charge in [0.05, 0.1) is 10.6 Å². The minimum Gasteiger partial charge on any atom is -0.484 e. The molecular weight excluding hydrogens is 388 g/mol. The lowest BCUT2D eigenvalue weighted by atomic mass is 10.3. The maximum absolute atomic E-state index is 12.7. The number of sulfonamides is 1. The minimum atomic E-state index is -3.69. The molecule has 0 aliphatic heterocycles. The van der Waals surface area contributed by atoms with Gasteiger partial charge in [-0.25, -0.2) is 8.42 Å². The highest BCUT2D eigenvalue weighted by atomic mass is 35.5. The molecule has 8 heteroatoms. The lowest BCUT2D eigenvalue weighted by Gasteiger charge is -2.20. The van der Waals surface area contributed by atoms with Crippen molar-refractivity contribution in [3.8, 4) is 5.75 Å². The van der Waals surface area contributed by atoms with E-state index in [-0.39, 0.29) is 17.4 Å². The zero-order chi connectivity index (χ0) is 20.0. The van der Waals surface area contributed by atoms with Crippen LogP contribution in [0.25, 0.3) is 0 Å². The lowest BCUT2D eigenvalue weighted by Crippen LogP contribution is -2.34. The Morgan fingerprint density at radius 1 is 1.00 bits per heavy atom. The largest absolute Gasteiger partial charge is 0.484 e. The lowest BCUT2D eigenvalue weighted by molar-refractivity contribution is -0.132. The predicted octanol–water partition coefficient (Wildman–Crippen LogP) is 3.41. The summed E-state index contributed by atoms with van der Waals surface area (Å²) < 4.78 is 32.1. The summed E-state index contributed by atoms with van der Waals surface area (Å²) in [6.07, 6.45) is 0. The standard InChI is InChI=1S/C19H23ClN2O4S/c1-4-22(5-2)19(23)14-26-17-10-8-16(9-11-17)21(3)27(24,25)18-12-6-15(20)7-13-18/h6-13H,4-5,14H2,1-3H3. The van der Waals surface area contributed by atoms with E-state index in [1.54, 1.807) is 29.2 Å². The molecule has 0 fully saturated rings. The maximum Gasteiger partial charge on any atom is 0.264 e. The number of carbonyl (C=O) groups is 1. The van der Waals surface area contributed by atoms with Crippen LogP contribution in [0.2, 0.25) is 5.02 Å². The number of rotatable bonds is 8. The van der Waals surface area contributed by atoms with Crippen LogP contribution in [-0.4, -0.2) is 46.0 Å². The van der Waals surface area contributed by atoms with E-state index in [4.69, 9.17) is 16.3 Å². The van der Waals surface area contributed by atoms with Crippen molar-refractivity contribution in [1.29, 1.82) is 0 Å². The fourth-order valence-corrected chi connectivity index (χ4v) is 3.79. The van der Waals surface area contributed by atoms with Crippen LogP contribution in [0.4, 0.5) is 5.69 Å². The second-order valence-electron chi connectivity index (χ2n) is 5.78. The van der Waals surface area contributed by atoms with Gasteiger partial charge in [0.2, 0.25) is 0 Å². The number of nitrogens with zero attached hydrogens (tertiary/aromatic N) is 2. The summed E-state index contributed by atoms with van der Waals surface area (Å²) in [5.41, 5.74) is 0.479. The Bertz CT molecular complexity index is 864. The Morgan fingerprint density at radius 3 is 2.07 bits per heavy atom. The SMILES string of the molecule is CCN(CC)C(=O)COc1ccc(N(C)S(=O)(=O)c2ccc(Cl)cc2)cc1. The van der Waals surface area contributed by atoms with Crippen molar-refractivity contribution in [2.45, 2.75) is 18.7 Å². The number of anilines is 1. The molecule has 6 nitrogen and oxygen atoms in total. The van der Waals surface area contributed by atoms with Crippen LogP contribution < -0.4 is 9.04 Å². The van der Waals surface area contributed by atoms with Crippen molar-refractivity contribution in [2.75, 3.05) is 31.0 Å². The van der Waals surface area contributed by atoms with Gasteiger partial charge in [-0.2, -0.15) is 0 Å². The van der Waals surface area contributed by atoms with Crippen LogP contribution in [0.15, 0.2) is 53.4 Å². The fraction of sp³-hybridized carbons (Fsp3) is 0.316. The molecule has 0 aliphatic carbocycles. The number of ether oxygens (including phenoxy) is 1. The van der Waals surface area contributed by atoms with Gasteiger partial charge in [0.1, 0.15) is 5.75 Å². The molecule has 0 spiro atoms. The summed E-state index contributed by atoms with van der Waals surface area (Å²) in [5, 5.41) is 0.470. The second kappa shape index (κ2) is 9.10. The van der Waals surface area contributed by atoms with Crippen LogP contribution in [0.1, 0.15) is 13.8 Å². The number of hydrogen-bond donors (Lipinski definition) is 0. The zero-order valence-corrected chi connectivity index (χ0v) is 17.1. The van der Waals surface area contributed by atoms with Gasteiger partial charge in [-0.15, -0.1) is 0 Å². The van der Waals surface area contributed by atoms with Gasteiger partial charge < -0.3 is 9.64 Å². The first-order chi connectivity index (χ1) is 12.8. The van der Waals surface area contributed by atoms with E-state index in [2.05, 4.69) is 0 Å². The molecule has 2 aromatic rings. The Morgan fingerprint density at radius 2 is 1.56 bits per heavy atom. The molecule has 146 valence electrons. The van der Waals surface area contributed by atoms with Crippen LogP contribution >= 0.6 is 11.6 Å². The Kier molecular flexibility index (Phi) is 7.10. The van der Waals surface area contributed by atoms with Gasteiger partial charge in [0, 0.05) is 25.2 Å². The van der Waals surface area contributed by atoms with Crippen molar-refractivity contribution < 1.29 is 17.9 Å². The van der Waals surface area contributed by atoms with Gasteiger partial charge in [-0.05, 0) is 62.4 Å². The zero-order valence-electron chi connectivity index (χ0n) is 15.6. The normalized spacial score (nSPS) is 11.1. The van der Waals surface area contributed by atoms with Gasteiger partial charge in [0.25, 0.3) is 15.9 Å². The van der Waals surface area contributed by atoms with Crippen LogP contribution in [-0.2, 0) is 14.8 Å². The van der Waals surface area contributed by atoms with E-state index in [9.17, 15) is 13.2 Å². The summed E-state index contributed by atoms with van der Waals surface area (Å²) in [6, 6.07) is 12.5. The third-order valence-corrected chi connectivity index (χ3v) is 6.20. The highest BCUT2D eigenvalue weighted by molar-refractivity contribution is 7.92. The molecular formula is C19H23ClN2O4S. The molecule has 0 saturated carbocycles. The first-order valence-electron chi connectivity index (χ1n) is 8.54. The quantitative estimate of drug-likeness (QED) is 0.668. The van der Waals surface area contributed by atoms with E-state index in [1.165, 1.54) is 35.6 Å². The third-order valence-electron chi connectivity index (χ3n) is 4.15. The van der Waals surface area contributed by atoms with Crippen molar-refractivity contribution >= 4 is 33.2 Å². The summed E-state index contributed by atoms with van der Waals surface area (Å²) in [4.78, 5) is 13.8. The maximum atomic E-state index is 12.7. The van der Waals surface area contributed by atoms with Gasteiger partial charge in [-0.3, -0.25) is 9.10 Å². The summed E-state index contributed by atoms with van der Waals surface area (Å²) in [6.45, 7) is 5.02. The topological polar surface area (TPSA) is 66.9 Å². The number of amides is 1. The van der Waals surface area contributed by atoms with Crippen molar-refractivity contribution in [3.05, 3.63) is 53.6 Å². The predicted molar refractivity (Wildman–Crippen MR) is 107 cm³/mol. The highest BCUT2D eigenvalue weighted by Gasteiger charge is 2.21. The molecule has 27 heavy (non-hydrogen) atoms. The van der Waals surface area contributed by atoms with E-state index in [0.717, 1.165) is 0 Å². The number of benzene rings is 2. The average molecular weight is 411 g/mol. The second-order valence-corrected chi connectivity index (χ2v) is 8.18. The molecule has 1 amide bonds. The molecule has 0 aromatic heterocycles. The molecule has 0 bridgehead atoms. The molecule has 0 saturated heterocycles. The number of halogens is 1. The first-order valence-corrected chi connectivity index (χ1v) is 10.4. The number of likely N-dealkylation sites (N-methyl/N-ethyl adjacent to an activating group) is 1. The highest BCUT2D eigenvalue weighted by Crippen LogP contribution is 2.25. The van der Waals surface area contributed by atoms with Crippen molar-refractivity contribution in [1.82, 2.24) is 4.90 Å². The minimum absolute atomic E-state index is 0.0556. The summed E-state index contributed by atoms with van der Waals surface area (Å²) >= 11 is 5.82. The van der Waals surface area contributed by atoms with Crippen molar-refractivity contribution in [3.63, 3.8) is 0 Å². The molecule has 0 atom stereocenters. The molecule has 2 rings (SSSR count). The molecule has 0 aliphatic rings. The van der Waals surface area contributed by atoms with E-state index >= 15 is 0 Å². The molecule has 0 unspecified atom stereocenters. The van der Waals surface area contributed by atoms with Crippen LogP contribution in [0, 0.1) is 0 Å². The van der Waals surface area contributed by atoms with Crippen LogP contribution in [0.3, 0.4) is 0 Å². The smallest absolute Gasteiger partial charge is 0.264 e. The Labute approximate surface area is 165 Å². The van der Waals surface area contributed by atoms with Gasteiger partial charge in [0.15, 0.2) is 6.61 Å². The van der Waals surface area contributed by atoms with Crippen LogP contribution in [0.5, 0.6) is 5.75 Å². The average Bonchev–Trinajstić information content (AvgIpc) is 2.67. The van der Waals surface area contributed by atoms with Crippen molar-refractivity contribution in [2.24, 2.45) is 0 Å². The number of carbonyl (C=O) groups excluding carboxylic acids is 1. The first kappa shape index (κ1) is 21.1. The summed E-state index contributed by atoms with van der Waals surface area (Å²) in [7, 11) is -2.22. The fourth-order valence-electron chi connectivity index (χ4n) is 2.47.